The molecule has 1 atom stereocenters. The van der Waals surface area contributed by atoms with E-state index >= 15 is 4.39 Å². The van der Waals surface area contributed by atoms with Gasteiger partial charge in [-0.2, -0.15) is 0 Å². The molecule has 1 aliphatic carbocycles. The van der Waals surface area contributed by atoms with Crippen molar-refractivity contribution in [1.82, 2.24) is 0 Å². The number of hydrogen-bond donors (Lipinski definition) is 0. The third-order valence-corrected chi connectivity index (χ3v) is 3.27. The second-order valence-electron chi connectivity index (χ2n) is 4.22. The molecule has 0 fully saturated rings. The first kappa shape index (κ1) is 13.7. The summed E-state index contributed by atoms with van der Waals surface area (Å²) in [5.41, 5.74) is -2.19. The van der Waals surface area contributed by atoms with Gasteiger partial charge in [0.1, 0.15) is 0 Å². The topological polar surface area (TPSA) is 43.4 Å². The lowest BCUT2D eigenvalue weighted by Gasteiger charge is -2.21. The Morgan fingerprint density at radius 1 is 1.42 bits per heavy atom. The molecule has 1 aromatic carbocycles. The largest absolute Gasteiger partial charge is 0.463 e. The maximum atomic E-state index is 15.0. The van der Waals surface area contributed by atoms with Gasteiger partial charge in [-0.1, -0.05) is 17.7 Å². The first-order valence-electron chi connectivity index (χ1n) is 5.80. The number of halogens is 2. The summed E-state index contributed by atoms with van der Waals surface area (Å²) in [7, 11) is 0. The van der Waals surface area contributed by atoms with Crippen molar-refractivity contribution in [3.05, 3.63) is 39.9 Å². The molecule has 0 saturated heterocycles. The molecule has 0 bridgehead atoms. The fourth-order valence-electron chi connectivity index (χ4n) is 2.15. The molecule has 2 rings (SSSR count). The van der Waals surface area contributed by atoms with Crippen LogP contribution in [0.25, 0.3) is 6.08 Å². The predicted octanol–water partition coefficient (Wildman–Crippen LogP) is 3.05. The third kappa shape index (κ3) is 2.06. The fourth-order valence-corrected chi connectivity index (χ4v) is 2.34. The second-order valence-corrected chi connectivity index (χ2v) is 4.66. The molecule has 0 amide bonds. The summed E-state index contributed by atoms with van der Waals surface area (Å²) in [6.45, 7) is 2.84. The molecule has 1 aliphatic rings. The summed E-state index contributed by atoms with van der Waals surface area (Å²) in [6, 6.07) is 4.42. The van der Waals surface area contributed by atoms with Gasteiger partial charge in [0.2, 0.25) is 5.67 Å². The Bertz CT molecular complexity index is 594. The minimum absolute atomic E-state index is 0.112. The van der Waals surface area contributed by atoms with Crippen LogP contribution < -0.4 is 0 Å². The molecule has 0 aromatic heterocycles. The fraction of sp³-hybridized carbons (Fsp3) is 0.286. The number of carbonyl (C=O) groups is 2. The monoisotopic (exact) mass is 282 g/mol. The van der Waals surface area contributed by atoms with Crippen molar-refractivity contribution in [2.24, 2.45) is 0 Å². The molecular weight excluding hydrogens is 271 g/mol. The van der Waals surface area contributed by atoms with Crippen LogP contribution in [0.1, 0.15) is 25.0 Å². The Hall–Kier alpha value is -1.68. The summed E-state index contributed by atoms with van der Waals surface area (Å²) >= 11 is 5.83. The van der Waals surface area contributed by atoms with E-state index in [1.807, 2.05) is 0 Å². The molecule has 0 aliphatic heterocycles. The van der Waals surface area contributed by atoms with Crippen LogP contribution in [0.5, 0.6) is 0 Å². The zero-order chi connectivity index (χ0) is 14.2. The van der Waals surface area contributed by atoms with Crippen LogP contribution in [0.2, 0.25) is 5.02 Å². The van der Waals surface area contributed by atoms with Crippen molar-refractivity contribution in [3.8, 4) is 0 Å². The van der Waals surface area contributed by atoms with E-state index in [4.69, 9.17) is 16.3 Å². The number of benzene rings is 1. The Balaban J connectivity index is 2.59. The highest BCUT2D eigenvalue weighted by Crippen LogP contribution is 2.45. The van der Waals surface area contributed by atoms with Crippen molar-refractivity contribution in [2.45, 2.75) is 19.5 Å². The lowest BCUT2D eigenvalue weighted by atomic mass is 9.88. The van der Waals surface area contributed by atoms with E-state index in [-0.39, 0.29) is 17.7 Å². The molecule has 19 heavy (non-hydrogen) atoms. The number of alkyl halides is 1. The highest BCUT2D eigenvalue weighted by molar-refractivity contribution is 6.30. The van der Waals surface area contributed by atoms with Gasteiger partial charge in [-0.3, -0.25) is 4.79 Å². The van der Waals surface area contributed by atoms with Gasteiger partial charge in [0.15, 0.2) is 5.78 Å². The van der Waals surface area contributed by atoms with Gasteiger partial charge in [-0.25, -0.2) is 9.18 Å². The van der Waals surface area contributed by atoms with Gasteiger partial charge in [0.05, 0.1) is 12.2 Å². The number of rotatable bonds is 3. The average Bonchev–Trinajstić information content (AvgIpc) is 2.64. The maximum absolute atomic E-state index is 15.0. The number of fused-ring (bicyclic) bond motifs is 1. The van der Waals surface area contributed by atoms with E-state index in [1.54, 1.807) is 6.92 Å². The Morgan fingerprint density at radius 2 is 2.11 bits per heavy atom. The summed E-state index contributed by atoms with van der Waals surface area (Å²) in [5.74, 6) is -1.58. The zero-order valence-corrected chi connectivity index (χ0v) is 11.3. The van der Waals surface area contributed by atoms with Crippen LogP contribution >= 0.6 is 11.6 Å². The van der Waals surface area contributed by atoms with Gasteiger partial charge in [0.25, 0.3) is 0 Å². The molecule has 0 radical (unpaired) electrons. The first-order chi connectivity index (χ1) is 8.91. The lowest BCUT2D eigenvalue weighted by Crippen LogP contribution is -2.33. The summed E-state index contributed by atoms with van der Waals surface area (Å²) in [5, 5.41) is 0.408. The molecule has 0 spiro atoms. The van der Waals surface area contributed by atoms with Crippen molar-refractivity contribution < 1.29 is 18.7 Å². The van der Waals surface area contributed by atoms with Gasteiger partial charge < -0.3 is 4.74 Å². The summed E-state index contributed by atoms with van der Waals surface area (Å²) in [4.78, 5) is 23.5. The SMILES string of the molecule is CCOC(=O)C1=Cc2cc(Cl)ccc2C1(F)C(C)=O. The van der Waals surface area contributed by atoms with Gasteiger partial charge in [-0.15, -0.1) is 0 Å². The third-order valence-electron chi connectivity index (χ3n) is 3.04. The van der Waals surface area contributed by atoms with E-state index < -0.39 is 17.4 Å². The molecule has 3 nitrogen and oxygen atoms in total. The minimum atomic E-state index is -2.45. The number of ketones is 1. The van der Waals surface area contributed by atoms with Crippen LogP contribution in [0, 0.1) is 0 Å². The predicted molar refractivity (Wildman–Crippen MR) is 69.5 cm³/mol. The van der Waals surface area contributed by atoms with Crippen LogP contribution in [0.15, 0.2) is 23.8 Å². The second kappa shape index (κ2) is 4.78. The number of hydrogen-bond acceptors (Lipinski definition) is 3. The Labute approximate surface area is 115 Å². The van der Waals surface area contributed by atoms with Crippen LogP contribution in [-0.2, 0) is 20.0 Å². The lowest BCUT2D eigenvalue weighted by molar-refractivity contribution is -0.142. The first-order valence-corrected chi connectivity index (χ1v) is 6.18. The van der Waals surface area contributed by atoms with Gasteiger partial charge in [0, 0.05) is 10.6 Å². The average molecular weight is 283 g/mol. The maximum Gasteiger partial charge on any atom is 0.338 e. The van der Waals surface area contributed by atoms with E-state index in [9.17, 15) is 9.59 Å². The zero-order valence-electron chi connectivity index (χ0n) is 10.5. The molecule has 1 unspecified atom stereocenters. The molecule has 1 aromatic rings. The number of ether oxygens (including phenoxy) is 1. The summed E-state index contributed by atoms with van der Waals surface area (Å²) < 4.78 is 19.8. The standard InChI is InChI=1S/C14H12ClFO3/c1-3-19-13(18)12-7-9-6-10(15)4-5-11(9)14(12,16)8(2)17/h4-7H,3H2,1-2H3. The molecule has 0 heterocycles. The van der Waals surface area contributed by atoms with Crippen molar-refractivity contribution in [3.63, 3.8) is 0 Å². The minimum Gasteiger partial charge on any atom is -0.463 e. The molecule has 0 N–H and O–H groups in total. The molecular formula is C14H12ClFO3. The molecule has 5 heteroatoms. The van der Waals surface area contributed by atoms with Crippen molar-refractivity contribution in [2.75, 3.05) is 6.61 Å². The number of esters is 1. The molecule has 0 saturated carbocycles. The quantitative estimate of drug-likeness (QED) is 0.800. The van der Waals surface area contributed by atoms with Gasteiger partial charge >= 0.3 is 5.97 Å². The van der Waals surface area contributed by atoms with Crippen LogP contribution in [0.3, 0.4) is 0 Å². The van der Waals surface area contributed by atoms with Crippen molar-refractivity contribution >= 4 is 29.4 Å². The Morgan fingerprint density at radius 3 is 2.68 bits per heavy atom. The normalized spacial score (nSPS) is 20.7. The highest BCUT2D eigenvalue weighted by Gasteiger charge is 2.50. The van der Waals surface area contributed by atoms with E-state index in [2.05, 4.69) is 0 Å². The molecule has 100 valence electrons. The van der Waals surface area contributed by atoms with E-state index in [1.165, 1.54) is 24.3 Å². The highest BCUT2D eigenvalue weighted by atomic mass is 35.5. The Kier molecular flexibility index (Phi) is 3.45. The number of carbonyl (C=O) groups excluding carboxylic acids is 2. The van der Waals surface area contributed by atoms with E-state index in [0.717, 1.165) is 6.92 Å². The smallest absolute Gasteiger partial charge is 0.338 e. The van der Waals surface area contributed by atoms with E-state index in [0.29, 0.717) is 10.6 Å². The van der Waals surface area contributed by atoms with Gasteiger partial charge in [-0.05, 0) is 37.6 Å². The summed E-state index contributed by atoms with van der Waals surface area (Å²) in [6.07, 6.45) is 1.32. The van der Waals surface area contributed by atoms with Crippen LogP contribution in [-0.4, -0.2) is 18.4 Å². The number of Topliss-reactive ketones (excluding diaryl/α,β-unsaturated/α-hetero) is 1. The van der Waals surface area contributed by atoms with Crippen LogP contribution in [0.4, 0.5) is 4.39 Å². The van der Waals surface area contributed by atoms with Crippen molar-refractivity contribution in [1.29, 1.82) is 0 Å².